The zero-order valence-corrected chi connectivity index (χ0v) is 9.92. The molecule has 0 unspecified atom stereocenters. The fourth-order valence-corrected chi connectivity index (χ4v) is 1.37. The van der Waals surface area contributed by atoms with Crippen molar-refractivity contribution in [3.05, 3.63) is 12.2 Å². The average molecular weight is 210 g/mol. The fourth-order valence-electron chi connectivity index (χ4n) is 1.37. The fraction of sp³-hybridized carbons (Fsp3) is 0.692. The monoisotopic (exact) mass is 210 g/mol. The summed E-state index contributed by atoms with van der Waals surface area (Å²) >= 11 is 0. The van der Waals surface area contributed by atoms with Gasteiger partial charge in [-0.15, -0.1) is 0 Å². The largest absolute Gasteiger partial charge is 0.295 e. The van der Waals surface area contributed by atoms with Crippen molar-refractivity contribution in [1.29, 1.82) is 0 Å². The summed E-state index contributed by atoms with van der Waals surface area (Å²) in [6.45, 7) is 3.64. The normalized spacial score (nSPS) is 10.8. The first-order valence-corrected chi connectivity index (χ1v) is 5.88. The highest BCUT2D eigenvalue weighted by Gasteiger charge is 1.97. The number of allylic oxidation sites excluding steroid dienone is 2. The molecule has 0 rings (SSSR count). The summed E-state index contributed by atoms with van der Waals surface area (Å²) in [5.41, 5.74) is 0. The Balaban J connectivity index is 3.35. The van der Waals surface area contributed by atoms with Gasteiger partial charge in [0, 0.05) is 6.42 Å². The van der Waals surface area contributed by atoms with Gasteiger partial charge in [-0.25, -0.2) is 0 Å². The molecule has 0 saturated heterocycles. The van der Waals surface area contributed by atoms with Gasteiger partial charge in [-0.05, 0) is 25.5 Å². The van der Waals surface area contributed by atoms with Crippen LogP contribution in [0.4, 0.5) is 0 Å². The highest BCUT2D eigenvalue weighted by Crippen LogP contribution is 2.07. The Bertz CT molecular complexity index is 217. The average Bonchev–Trinajstić information content (AvgIpc) is 2.20. The van der Waals surface area contributed by atoms with Crippen LogP contribution in [0.1, 0.15) is 58.8 Å². The molecule has 0 bridgehead atoms. The lowest BCUT2D eigenvalue weighted by Crippen LogP contribution is -1.94. The number of unbranched alkanes of at least 4 members (excludes halogenated alkanes) is 5. The molecule has 0 atom stereocenters. The standard InChI is InChI=1S/C13H22O2/c1-3-4-5-6-7-8-9-13(15)11-10-12(2)14/h10-11H,3-9H2,1-2H3/b11-10+. The van der Waals surface area contributed by atoms with Crippen molar-refractivity contribution in [3.63, 3.8) is 0 Å². The minimum atomic E-state index is -0.0636. The van der Waals surface area contributed by atoms with Gasteiger partial charge in [-0.2, -0.15) is 0 Å². The second-order valence-corrected chi connectivity index (χ2v) is 3.93. The Labute approximate surface area is 92.8 Å². The quantitative estimate of drug-likeness (QED) is 0.431. The summed E-state index contributed by atoms with van der Waals surface area (Å²) < 4.78 is 0. The summed E-state index contributed by atoms with van der Waals surface area (Å²) in [5, 5.41) is 0. The topological polar surface area (TPSA) is 34.1 Å². The summed E-state index contributed by atoms with van der Waals surface area (Å²) in [4.78, 5) is 21.8. The molecule has 0 amide bonds. The van der Waals surface area contributed by atoms with Crippen molar-refractivity contribution in [3.8, 4) is 0 Å². The van der Waals surface area contributed by atoms with E-state index in [1.165, 1.54) is 44.8 Å². The molecule has 15 heavy (non-hydrogen) atoms. The first-order chi connectivity index (χ1) is 7.16. The summed E-state index contributed by atoms with van der Waals surface area (Å²) in [7, 11) is 0. The Hall–Kier alpha value is -0.920. The van der Waals surface area contributed by atoms with Crippen LogP contribution in [-0.4, -0.2) is 11.6 Å². The van der Waals surface area contributed by atoms with Crippen molar-refractivity contribution >= 4 is 11.6 Å². The molecule has 86 valence electrons. The van der Waals surface area contributed by atoms with Crippen LogP contribution in [0.5, 0.6) is 0 Å². The summed E-state index contributed by atoms with van der Waals surface area (Å²) in [5.74, 6) is 0.00647. The number of rotatable bonds is 9. The van der Waals surface area contributed by atoms with Crippen LogP contribution in [0.3, 0.4) is 0 Å². The van der Waals surface area contributed by atoms with E-state index < -0.39 is 0 Å². The number of hydrogen-bond acceptors (Lipinski definition) is 2. The zero-order valence-electron chi connectivity index (χ0n) is 9.92. The van der Waals surface area contributed by atoms with Crippen molar-refractivity contribution < 1.29 is 9.59 Å². The van der Waals surface area contributed by atoms with Crippen molar-refractivity contribution in [2.45, 2.75) is 58.8 Å². The molecule has 0 aliphatic rings. The zero-order chi connectivity index (χ0) is 11.5. The van der Waals surface area contributed by atoms with Gasteiger partial charge < -0.3 is 0 Å². The first-order valence-electron chi connectivity index (χ1n) is 5.88. The minimum Gasteiger partial charge on any atom is -0.295 e. The lowest BCUT2D eigenvalue weighted by Gasteiger charge is -1.98. The molecule has 0 fully saturated rings. The van der Waals surface area contributed by atoms with E-state index in [2.05, 4.69) is 6.92 Å². The number of carbonyl (C=O) groups excluding carboxylic acids is 2. The lowest BCUT2D eigenvalue weighted by atomic mass is 10.1. The molecule has 0 spiro atoms. The maximum Gasteiger partial charge on any atom is 0.155 e. The van der Waals surface area contributed by atoms with E-state index >= 15 is 0 Å². The smallest absolute Gasteiger partial charge is 0.155 e. The van der Waals surface area contributed by atoms with Crippen molar-refractivity contribution in [1.82, 2.24) is 0 Å². The van der Waals surface area contributed by atoms with Gasteiger partial charge in [0.15, 0.2) is 11.6 Å². The third-order valence-electron chi connectivity index (χ3n) is 2.28. The van der Waals surface area contributed by atoms with Crippen LogP contribution in [-0.2, 0) is 9.59 Å². The van der Waals surface area contributed by atoms with Crippen LogP contribution in [0.2, 0.25) is 0 Å². The maximum absolute atomic E-state index is 11.2. The molecule has 0 aromatic heterocycles. The Morgan fingerprint density at radius 1 is 0.933 bits per heavy atom. The summed E-state index contributed by atoms with van der Waals surface area (Å²) in [6, 6.07) is 0. The Morgan fingerprint density at radius 3 is 2.13 bits per heavy atom. The van der Waals surface area contributed by atoms with E-state index in [1.807, 2.05) is 0 Å². The van der Waals surface area contributed by atoms with E-state index in [0.717, 1.165) is 12.8 Å². The third-order valence-corrected chi connectivity index (χ3v) is 2.28. The lowest BCUT2D eigenvalue weighted by molar-refractivity contribution is -0.116. The molecule has 2 heteroatoms. The van der Waals surface area contributed by atoms with Crippen LogP contribution in [0.25, 0.3) is 0 Å². The number of hydrogen-bond donors (Lipinski definition) is 0. The summed E-state index contributed by atoms with van der Waals surface area (Å²) in [6.07, 6.45) is 10.4. The van der Waals surface area contributed by atoms with Crippen LogP contribution < -0.4 is 0 Å². The number of ketones is 2. The van der Waals surface area contributed by atoms with E-state index in [4.69, 9.17) is 0 Å². The molecular formula is C13H22O2. The highest BCUT2D eigenvalue weighted by molar-refractivity contribution is 5.97. The highest BCUT2D eigenvalue weighted by atomic mass is 16.1. The van der Waals surface area contributed by atoms with Crippen LogP contribution in [0.15, 0.2) is 12.2 Å². The van der Waals surface area contributed by atoms with E-state index in [-0.39, 0.29) is 11.6 Å². The van der Waals surface area contributed by atoms with Gasteiger partial charge in [-0.1, -0.05) is 39.0 Å². The second kappa shape index (κ2) is 9.63. The van der Waals surface area contributed by atoms with Crippen LogP contribution >= 0.6 is 0 Å². The number of carbonyl (C=O) groups is 2. The van der Waals surface area contributed by atoms with Gasteiger partial charge in [0.25, 0.3) is 0 Å². The molecule has 0 N–H and O–H groups in total. The van der Waals surface area contributed by atoms with E-state index in [0.29, 0.717) is 6.42 Å². The molecule has 0 aliphatic heterocycles. The van der Waals surface area contributed by atoms with Gasteiger partial charge in [0.05, 0.1) is 0 Å². The van der Waals surface area contributed by atoms with E-state index in [9.17, 15) is 9.59 Å². The SMILES string of the molecule is CCCCCCCCC(=O)/C=C/C(C)=O. The maximum atomic E-state index is 11.2. The van der Waals surface area contributed by atoms with Crippen LogP contribution in [0, 0.1) is 0 Å². The predicted octanol–water partition coefficient (Wildman–Crippen LogP) is 3.45. The van der Waals surface area contributed by atoms with Gasteiger partial charge in [-0.3, -0.25) is 9.59 Å². The molecule has 0 saturated carbocycles. The Kier molecular flexibility index (Phi) is 9.04. The van der Waals surface area contributed by atoms with Crippen molar-refractivity contribution in [2.24, 2.45) is 0 Å². The third kappa shape index (κ3) is 11.0. The molecule has 0 aliphatic carbocycles. The molecule has 0 aromatic rings. The minimum absolute atomic E-state index is 0.0636. The Morgan fingerprint density at radius 2 is 1.53 bits per heavy atom. The second-order valence-electron chi connectivity index (χ2n) is 3.93. The van der Waals surface area contributed by atoms with Crippen molar-refractivity contribution in [2.75, 3.05) is 0 Å². The molecule has 0 heterocycles. The molecule has 2 nitrogen and oxygen atoms in total. The molecule has 0 radical (unpaired) electrons. The van der Waals surface area contributed by atoms with Gasteiger partial charge in [0.1, 0.15) is 0 Å². The van der Waals surface area contributed by atoms with Gasteiger partial charge >= 0.3 is 0 Å². The molecular weight excluding hydrogens is 188 g/mol. The molecule has 0 aromatic carbocycles. The first kappa shape index (κ1) is 14.1. The van der Waals surface area contributed by atoms with Gasteiger partial charge in [0.2, 0.25) is 0 Å². The predicted molar refractivity (Wildman–Crippen MR) is 62.8 cm³/mol. The van der Waals surface area contributed by atoms with E-state index in [1.54, 1.807) is 0 Å².